The number of hydrogen-bond acceptors (Lipinski definition) is 5. The Hall–Kier alpha value is -0.460. The molecule has 0 aromatic carbocycles. The average Bonchev–Trinajstić information content (AvgIpc) is 2.54. The second kappa shape index (κ2) is 4.59. The Balaban J connectivity index is 2.44. The van der Waals surface area contributed by atoms with Gasteiger partial charge in [0, 0.05) is 30.4 Å². The SMILES string of the molecule is CC(C)(CNCc1cncs1)S(C)(=O)=O. The molecule has 0 atom stereocenters. The van der Waals surface area contributed by atoms with Gasteiger partial charge in [0.05, 0.1) is 10.3 Å². The molecular weight excluding hydrogens is 232 g/mol. The van der Waals surface area contributed by atoms with E-state index in [9.17, 15) is 8.42 Å². The summed E-state index contributed by atoms with van der Waals surface area (Å²) in [6.45, 7) is 4.57. The van der Waals surface area contributed by atoms with Gasteiger partial charge in [-0.15, -0.1) is 11.3 Å². The van der Waals surface area contributed by atoms with E-state index >= 15 is 0 Å². The van der Waals surface area contributed by atoms with Crippen LogP contribution in [-0.4, -0.2) is 30.9 Å². The van der Waals surface area contributed by atoms with Crippen LogP contribution in [0.1, 0.15) is 18.7 Å². The summed E-state index contributed by atoms with van der Waals surface area (Å²) in [5.41, 5.74) is 1.76. The fourth-order valence-electron chi connectivity index (χ4n) is 0.947. The minimum Gasteiger partial charge on any atom is -0.310 e. The maximum absolute atomic E-state index is 11.4. The lowest BCUT2D eigenvalue weighted by molar-refractivity contribution is 0.522. The smallest absolute Gasteiger partial charge is 0.153 e. The monoisotopic (exact) mass is 248 g/mol. The molecule has 4 nitrogen and oxygen atoms in total. The van der Waals surface area contributed by atoms with Crippen molar-refractivity contribution >= 4 is 21.2 Å². The molecule has 1 aromatic heterocycles. The van der Waals surface area contributed by atoms with E-state index in [1.165, 1.54) is 6.26 Å². The van der Waals surface area contributed by atoms with Crippen LogP contribution in [0.4, 0.5) is 0 Å². The van der Waals surface area contributed by atoms with Crippen LogP contribution in [0.2, 0.25) is 0 Å². The summed E-state index contributed by atoms with van der Waals surface area (Å²) in [6, 6.07) is 0. The maximum atomic E-state index is 11.4. The number of thiazole rings is 1. The Morgan fingerprint density at radius 3 is 2.67 bits per heavy atom. The van der Waals surface area contributed by atoms with Gasteiger partial charge in [-0.05, 0) is 13.8 Å². The highest BCUT2D eigenvalue weighted by atomic mass is 32.2. The van der Waals surface area contributed by atoms with Gasteiger partial charge >= 0.3 is 0 Å². The fourth-order valence-corrected chi connectivity index (χ4v) is 1.88. The lowest BCUT2D eigenvalue weighted by Gasteiger charge is -2.22. The van der Waals surface area contributed by atoms with Crippen molar-refractivity contribution in [2.75, 3.05) is 12.8 Å². The normalized spacial score (nSPS) is 13.0. The van der Waals surface area contributed by atoms with Gasteiger partial charge in [-0.1, -0.05) is 0 Å². The third kappa shape index (κ3) is 3.55. The molecule has 0 aliphatic heterocycles. The van der Waals surface area contributed by atoms with Crippen molar-refractivity contribution in [1.82, 2.24) is 10.3 Å². The molecule has 0 bridgehead atoms. The molecule has 0 unspecified atom stereocenters. The Morgan fingerprint density at radius 2 is 2.20 bits per heavy atom. The van der Waals surface area contributed by atoms with Crippen molar-refractivity contribution in [1.29, 1.82) is 0 Å². The number of rotatable bonds is 5. The second-order valence-corrected chi connectivity index (χ2v) is 7.72. The Morgan fingerprint density at radius 1 is 1.53 bits per heavy atom. The van der Waals surface area contributed by atoms with Crippen LogP contribution in [0.15, 0.2) is 11.7 Å². The van der Waals surface area contributed by atoms with Crippen molar-refractivity contribution in [3.63, 3.8) is 0 Å². The van der Waals surface area contributed by atoms with Crippen LogP contribution >= 0.6 is 11.3 Å². The minimum absolute atomic E-state index is 0.448. The number of nitrogens with one attached hydrogen (secondary N) is 1. The predicted molar refractivity (Wildman–Crippen MR) is 62.7 cm³/mol. The van der Waals surface area contributed by atoms with Gasteiger partial charge in [0.25, 0.3) is 0 Å². The van der Waals surface area contributed by atoms with E-state index in [0.717, 1.165) is 4.88 Å². The van der Waals surface area contributed by atoms with Crippen molar-refractivity contribution < 1.29 is 8.42 Å². The van der Waals surface area contributed by atoms with Gasteiger partial charge < -0.3 is 5.32 Å². The number of nitrogens with zero attached hydrogens (tertiary/aromatic N) is 1. The largest absolute Gasteiger partial charge is 0.310 e. The topological polar surface area (TPSA) is 59.1 Å². The average molecular weight is 248 g/mol. The minimum atomic E-state index is -3.02. The predicted octanol–water partition coefficient (Wildman–Crippen LogP) is 1.06. The van der Waals surface area contributed by atoms with Crippen molar-refractivity contribution in [3.05, 3.63) is 16.6 Å². The maximum Gasteiger partial charge on any atom is 0.153 e. The molecule has 1 aromatic rings. The molecule has 0 saturated carbocycles. The van der Waals surface area contributed by atoms with Gasteiger partial charge in [-0.2, -0.15) is 0 Å². The standard InChI is InChI=1S/C9H16N2O2S2/c1-9(2,15(3,12)13)6-10-4-8-5-11-7-14-8/h5,7,10H,4,6H2,1-3H3. The second-order valence-electron chi connectivity index (χ2n) is 4.10. The van der Waals surface area contributed by atoms with Gasteiger partial charge in [0.1, 0.15) is 0 Å². The van der Waals surface area contributed by atoms with E-state index in [1.807, 2.05) is 0 Å². The number of sulfone groups is 1. The van der Waals surface area contributed by atoms with Crippen LogP contribution in [0, 0.1) is 0 Å². The zero-order chi connectivity index (χ0) is 11.5. The molecule has 0 amide bonds. The van der Waals surface area contributed by atoms with Crippen LogP contribution in [0.3, 0.4) is 0 Å². The third-order valence-corrected chi connectivity index (χ3v) is 5.27. The molecule has 0 radical (unpaired) electrons. The van der Waals surface area contributed by atoms with Gasteiger partial charge in [0.15, 0.2) is 9.84 Å². The highest BCUT2D eigenvalue weighted by molar-refractivity contribution is 7.92. The van der Waals surface area contributed by atoms with Crippen LogP contribution < -0.4 is 5.32 Å². The summed E-state index contributed by atoms with van der Waals surface area (Å²) in [6.07, 6.45) is 3.05. The summed E-state index contributed by atoms with van der Waals surface area (Å²) in [5, 5.41) is 3.13. The summed E-state index contributed by atoms with van der Waals surface area (Å²) >= 11 is 1.56. The Labute approximate surface area is 94.7 Å². The van der Waals surface area contributed by atoms with Crippen molar-refractivity contribution in [2.45, 2.75) is 25.1 Å². The van der Waals surface area contributed by atoms with E-state index in [4.69, 9.17) is 0 Å². The lowest BCUT2D eigenvalue weighted by Crippen LogP contribution is -2.41. The van der Waals surface area contributed by atoms with E-state index in [2.05, 4.69) is 10.3 Å². The molecule has 1 N–H and O–H groups in total. The van der Waals surface area contributed by atoms with Gasteiger partial charge in [-0.3, -0.25) is 4.98 Å². The van der Waals surface area contributed by atoms with Gasteiger partial charge in [-0.25, -0.2) is 8.42 Å². The molecule has 0 aliphatic carbocycles. The number of hydrogen-bond donors (Lipinski definition) is 1. The molecule has 0 saturated heterocycles. The molecule has 0 spiro atoms. The van der Waals surface area contributed by atoms with E-state index in [0.29, 0.717) is 13.1 Å². The fraction of sp³-hybridized carbons (Fsp3) is 0.667. The molecule has 15 heavy (non-hydrogen) atoms. The molecule has 1 rings (SSSR count). The highest BCUT2D eigenvalue weighted by Crippen LogP contribution is 2.14. The van der Waals surface area contributed by atoms with Crippen LogP contribution in [0.25, 0.3) is 0 Å². The molecule has 86 valence electrons. The van der Waals surface area contributed by atoms with Crippen molar-refractivity contribution in [2.24, 2.45) is 0 Å². The summed E-state index contributed by atoms with van der Waals surface area (Å²) in [4.78, 5) is 5.06. The first-order chi connectivity index (χ1) is 6.83. The molecule has 6 heteroatoms. The summed E-state index contributed by atoms with van der Waals surface area (Å²) < 4.78 is 22.1. The molecule has 1 heterocycles. The molecule has 0 fully saturated rings. The molecule has 0 aliphatic rings. The van der Waals surface area contributed by atoms with E-state index in [1.54, 1.807) is 36.9 Å². The first kappa shape index (κ1) is 12.6. The van der Waals surface area contributed by atoms with Crippen LogP contribution in [-0.2, 0) is 16.4 Å². The Kier molecular flexibility index (Phi) is 3.86. The van der Waals surface area contributed by atoms with Gasteiger partial charge in [0.2, 0.25) is 0 Å². The first-order valence-corrected chi connectivity index (χ1v) is 7.38. The zero-order valence-electron chi connectivity index (χ0n) is 9.15. The van der Waals surface area contributed by atoms with E-state index in [-0.39, 0.29) is 0 Å². The third-order valence-electron chi connectivity index (χ3n) is 2.34. The zero-order valence-corrected chi connectivity index (χ0v) is 10.8. The molecular formula is C9H16N2O2S2. The first-order valence-electron chi connectivity index (χ1n) is 4.60. The quantitative estimate of drug-likeness (QED) is 0.846. The summed E-state index contributed by atoms with van der Waals surface area (Å²) in [5.74, 6) is 0. The summed E-state index contributed by atoms with van der Waals surface area (Å²) in [7, 11) is -3.02. The lowest BCUT2D eigenvalue weighted by atomic mass is 10.2. The highest BCUT2D eigenvalue weighted by Gasteiger charge is 2.29. The van der Waals surface area contributed by atoms with Crippen molar-refractivity contribution in [3.8, 4) is 0 Å². The Bertz CT molecular complexity index is 396. The van der Waals surface area contributed by atoms with Crippen LogP contribution in [0.5, 0.6) is 0 Å². The number of aromatic nitrogens is 1. The van der Waals surface area contributed by atoms with E-state index < -0.39 is 14.6 Å².